The summed E-state index contributed by atoms with van der Waals surface area (Å²) in [6.07, 6.45) is 4.31. The van der Waals surface area contributed by atoms with Crippen molar-refractivity contribution < 1.29 is 9.59 Å². The van der Waals surface area contributed by atoms with Crippen LogP contribution in [0.5, 0.6) is 0 Å². The standard InChI is InChI=1S/C22H27N5O2S/c1-25(10-7-16-5-3-2-4-6-16)21(29)19-18(27-13-14-30-22(27)24-19)15-26-11-8-17(9-12-26)20(23)28/h2-6,13-14,17H,7-12,15H2,1H3,(H2,23,28). The van der Waals surface area contributed by atoms with Crippen LogP contribution in [0.3, 0.4) is 0 Å². The summed E-state index contributed by atoms with van der Waals surface area (Å²) in [5.74, 6) is -0.308. The number of primary amides is 1. The van der Waals surface area contributed by atoms with Crippen molar-refractivity contribution in [1.29, 1.82) is 0 Å². The maximum absolute atomic E-state index is 13.2. The summed E-state index contributed by atoms with van der Waals surface area (Å²) in [5.41, 5.74) is 8.10. The normalized spacial score (nSPS) is 15.5. The van der Waals surface area contributed by atoms with Crippen LogP contribution in [0.25, 0.3) is 4.96 Å². The van der Waals surface area contributed by atoms with Gasteiger partial charge in [0.15, 0.2) is 10.7 Å². The largest absolute Gasteiger partial charge is 0.369 e. The van der Waals surface area contributed by atoms with E-state index in [2.05, 4.69) is 22.0 Å². The number of amides is 2. The van der Waals surface area contributed by atoms with Gasteiger partial charge in [-0.3, -0.25) is 18.9 Å². The van der Waals surface area contributed by atoms with Gasteiger partial charge in [-0.15, -0.1) is 11.3 Å². The minimum atomic E-state index is -0.213. The second-order valence-corrected chi connectivity index (χ2v) is 8.75. The molecule has 1 aliphatic rings. The smallest absolute Gasteiger partial charge is 0.274 e. The Morgan fingerprint density at radius 2 is 1.97 bits per heavy atom. The molecule has 4 rings (SSSR count). The lowest BCUT2D eigenvalue weighted by molar-refractivity contribution is -0.123. The molecule has 158 valence electrons. The minimum absolute atomic E-state index is 0.0434. The minimum Gasteiger partial charge on any atom is -0.369 e. The van der Waals surface area contributed by atoms with Gasteiger partial charge in [-0.2, -0.15) is 0 Å². The van der Waals surface area contributed by atoms with Crippen molar-refractivity contribution in [3.63, 3.8) is 0 Å². The first-order valence-corrected chi connectivity index (χ1v) is 11.2. The number of imidazole rings is 1. The molecule has 1 saturated heterocycles. The molecule has 2 aromatic heterocycles. The van der Waals surface area contributed by atoms with Crippen molar-refractivity contribution in [1.82, 2.24) is 19.2 Å². The van der Waals surface area contributed by atoms with Crippen molar-refractivity contribution in [2.24, 2.45) is 11.7 Å². The predicted molar refractivity (Wildman–Crippen MR) is 117 cm³/mol. The summed E-state index contributed by atoms with van der Waals surface area (Å²) in [5, 5.41) is 1.98. The topological polar surface area (TPSA) is 83.9 Å². The Labute approximate surface area is 180 Å². The number of thiazole rings is 1. The number of likely N-dealkylation sites (tertiary alicyclic amines) is 1. The number of hydrogen-bond donors (Lipinski definition) is 1. The highest BCUT2D eigenvalue weighted by Gasteiger charge is 2.27. The van der Waals surface area contributed by atoms with Crippen molar-refractivity contribution in [3.8, 4) is 0 Å². The van der Waals surface area contributed by atoms with Gasteiger partial charge in [0, 0.05) is 37.6 Å². The molecule has 0 atom stereocenters. The SMILES string of the molecule is CN(CCc1ccccc1)C(=O)c1nc2sccn2c1CN1CCC(C(N)=O)CC1. The molecule has 8 heteroatoms. The molecule has 0 bridgehead atoms. The van der Waals surface area contributed by atoms with Gasteiger partial charge in [-0.05, 0) is 37.9 Å². The van der Waals surface area contributed by atoms with Gasteiger partial charge in [0.2, 0.25) is 5.91 Å². The highest BCUT2D eigenvalue weighted by Crippen LogP contribution is 2.23. The highest BCUT2D eigenvalue weighted by molar-refractivity contribution is 7.15. The molecule has 3 heterocycles. The molecule has 0 radical (unpaired) electrons. The van der Waals surface area contributed by atoms with E-state index in [0.717, 1.165) is 43.0 Å². The summed E-state index contributed by atoms with van der Waals surface area (Å²) in [7, 11) is 1.83. The van der Waals surface area contributed by atoms with E-state index in [1.807, 2.05) is 41.2 Å². The lowest BCUT2D eigenvalue weighted by atomic mass is 9.96. The lowest BCUT2D eigenvalue weighted by Gasteiger charge is -2.30. The number of rotatable bonds is 7. The zero-order chi connectivity index (χ0) is 21.1. The molecule has 3 aromatic rings. The van der Waals surface area contributed by atoms with Crippen LogP contribution in [0.1, 0.15) is 34.6 Å². The number of nitrogens with zero attached hydrogens (tertiary/aromatic N) is 4. The molecule has 1 aliphatic heterocycles. The summed E-state index contributed by atoms with van der Waals surface area (Å²) in [4.78, 5) is 34.2. The zero-order valence-electron chi connectivity index (χ0n) is 17.2. The Balaban J connectivity index is 1.48. The fourth-order valence-electron chi connectivity index (χ4n) is 3.97. The fourth-order valence-corrected chi connectivity index (χ4v) is 4.70. The average Bonchev–Trinajstić information content (AvgIpc) is 3.35. The number of nitrogens with two attached hydrogens (primary N) is 1. The number of carbonyl (C=O) groups is 2. The molecule has 2 amide bonds. The number of aromatic nitrogens is 2. The third-order valence-electron chi connectivity index (χ3n) is 5.85. The molecule has 0 aliphatic carbocycles. The second-order valence-electron chi connectivity index (χ2n) is 7.88. The van der Waals surface area contributed by atoms with E-state index in [4.69, 9.17) is 5.73 Å². The van der Waals surface area contributed by atoms with Crippen LogP contribution in [0, 0.1) is 5.92 Å². The van der Waals surface area contributed by atoms with Crippen molar-refractivity contribution in [3.05, 3.63) is 58.9 Å². The number of fused-ring (bicyclic) bond motifs is 1. The monoisotopic (exact) mass is 425 g/mol. The van der Waals surface area contributed by atoms with Crippen LogP contribution < -0.4 is 5.73 Å². The van der Waals surface area contributed by atoms with Crippen molar-refractivity contribution in [2.75, 3.05) is 26.7 Å². The number of carbonyl (C=O) groups excluding carboxylic acids is 2. The van der Waals surface area contributed by atoms with Gasteiger partial charge >= 0.3 is 0 Å². The summed E-state index contributed by atoms with van der Waals surface area (Å²) < 4.78 is 2.02. The van der Waals surface area contributed by atoms with E-state index in [0.29, 0.717) is 18.8 Å². The Morgan fingerprint density at radius 1 is 1.23 bits per heavy atom. The average molecular weight is 426 g/mol. The van der Waals surface area contributed by atoms with Crippen molar-refractivity contribution in [2.45, 2.75) is 25.8 Å². The molecule has 0 unspecified atom stereocenters. The summed E-state index contributed by atoms with van der Waals surface area (Å²) >= 11 is 1.53. The third kappa shape index (κ3) is 4.39. The van der Waals surface area contributed by atoms with Gasteiger partial charge in [-0.25, -0.2) is 4.98 Å². The van der Waals surface area contributed by atoms with Crippen LogP contribution in [0.2, 0.25) is 0 Å². The first-order chi connectivity index (χ1) is 14.5. The number of likely N-dealkylation sites (N-methyl/N-ethyl adjacent to an activating group) is 1. The van der Waals surface area contributed by atoms with Gasteiger partial charge in [-0.1, -0.05) is 30.3 Å². The molecule has 30 heavy (non-hydrogen) atoms. The summed E-state index contributed by atoms with van der Waals surface area (Å²) in [6, 6.07) is 10.2. The quantitative estimate of drug-likeness (QED) is 0.630. The number of hydrogen-bond acceptors (Lipinski definition) is 5. The van der Waals surface area contributed by atoms with Gasteiger partial charge in [0.25, 0.3) is 5.91 Å². The predicted octanol–water partition coefficient (Wildman–Crippen LogP) is 2.41. The molecule has 1 aromatic carbocycles. The highest BCUT2D eigenvalue weighted by atomic mass is 32.1. The van der Waals surface area contributed by atoms with E-state index in [9.17, 15) is 9.59 Å². The first kappa shape index (κ1) is 20.6. The van der Waals surface area contributed by atoms with Crippen LogP contribution in [-0.4, -0.2) is 57.7 Å². The molecule has 1 fully saturated rings. The third-order valence-corrected chi connectivity index (χ3v) is 6.61. The van der Waals surface area contributed by atoms with E-state index in [1.165, 1.54) is 16.9 Å². The van der Waals surface area contributed by atoms with Gasteiger partial charge in [0.1, 0.15) is 0 Å². The van der Waals surface area contributed by atoms with E-state index < -0.39 is 0 Å². The number of piperidine rings is 1. The molecule has 2 N–H and O–H groups in total. The molecular formula is C22H27N5O2S. The van der Waals surface area contributed by atoms with E-state index >= 15 is 0 Å². The maximum Gasteiger partial charge on any atom is 0.274 e. The van der Waals surface area contributed by atoms with Crippen molar-refractivity contribution >= 4 is 28.1 Å². The Kier molecular flexibility index (Phi) is 6.15. The summed E-state index contributed by atoms with van der Waals surface area (Å²) in [6.45, 7) is 2.86. The molecule has 0 spiro atoms. The van der Waals surface area contributed by atoms with Gasteiger partial charge < -0.3 is 10.6 Å². The van der Waals surface area contributed by atoms with Crippen LogP contribution in [-0.2, 0) is 17.8 Å². The van der Waals surface area contributed by atoms with Crippen LogP contribution in [0.15, 0.2) is 41.9 Å². The Bertz CT molecular complexity index is 1020. The Hall–Kier alpha value is -2.71. The molecular weight excluding hydrogens is 398 g/mol. The van der Waals surface area contributed by atoms with Gasteiger partial charge in [0.05, 0.1) is 5.69 Å². The van der Waals surface area contributed by atoms with E-state index in [-0.39, 0.29) is 17.7 Å². The second kappa shape index (κ2) is 8.97. The van der Waals surface area contributed by atoms with Crippen LogP contribution in [0.4, 0.5) is 0 Å². The first-order valence-electron chi connectivity index (χ1n) is 10.3. The van der Waals surface area contributed by atoms with Crippen LogP contribution >= 0.6 is 11.3 Å². The number of benzene rings is 1. The fraction of sp³-hybridized carbons (Fsp3) is 0.409. The Morgan fingerprint density at radius 3 is 2.67 bits per heavy atom. The van der Waals surface area contributed by atoms with E-state index in [1.54, 1.807) is 4.90 Å². The zero-order valence-corrected chi connectivity index (χ0v) is 18.0. The maximum atomic E-state index is 13.2. The molecule has 7 nitrogen and oxygen atoms in total. The lowest BCUT2D eigenvalue weighted by Crippen LogP contribution is -2.38. The molecule has 0 saturated carbocycles.